The smallest absolute Gasteiger partial charge is 0.324 e. The summed E-state index contributed by atoms with van der Waals surface area (Å²) in [5, 5.41) is 3.24. The van der Waals surface area contributed by atoms with Crippen molar-refractivity contribution in [1.82, 2.24) is 10.2 Å². The topological polar surface area (TPSA) is 75.7 Å². The Balaban J connectivity index is 1.70. The minimum atomic E-state index is -0.422. The van der Waals surface area contributed by atoms with Gasteiger partial charge < -0.3 is 10.1 Å². The maximum atomic E-state index is 11.6. The number of imide groups is 1. The third-order valence-electron chi connectivity index (χ3n) is 3.08. The van der Waals surface area contributed by atoms with Gasteiger partial charge in [0.2, 0.25) is 5.91 Å². The fourth-order valence-corrected chi connectivity index (χ4v) is 2.25. The van der Waals surface area contributed by atoms with Crippen LogP contribution in [0.5, 0.6) is 0 Å². The van der Waals surface area contributed by atoms with E-state index >= 15 is 0 Å². The first-order valence-corrected chi connectivity index (χ1v) is 7.40. The zero-order valence-corrected chi connectivity index (χ0v) is 13.1. The van der Waals surface area contributed by atoms with Crippen molar-refractivity contribution in [3.05, 3.63) is 33.8 Å². The maximum Gasteiger partial charge on any atom is 0.324 e. The van der Waals surface area contributed by atoms with Gasteiger partial charge in [-0.25, -0.2) is 4.79 Å². The van der Waals surface area contributed by atoms with Crippen molar-refractivity contribution in [1.29, 1.82) is 0 Å². The Morgan fingerprint density at radius 3 is 2.68 bits per heavy atom. The molecule has 0 aromatic heterocycles. The first-order chi connectivity index (χ1) is 10.5. The summed E-state index contributed by atoms with van der Waals surface area (Å²) in [6.07, 6.45) is 0.484. The van der Waals surface area contributed by atoms with Crippen LogP contribution in [0.1, 0.15) is 18.4 Å². The van der Waals surface area contributed by atoms with E-state index in [0.29, 0.717) is 16.5 Å². The number of halogens is 2. The number of nitrogens with one attached hydrogen (secondary N) is 1. The highest BCUT2D eigenvalue weighted by Crippen LogP contribution is 2.22. The van der Waals surface area contributed by atoms with Gasteiger partial charge in [0.1, 0.15) is 6.61 Å². The van der Waals surface area contributed by atoms with Crippen LogP contribution < -0.4 is 5.32 Å². The van der Waals surface area contributed by atoms with Crippen LogP contribution in [0.15, 0.2) is 18.2 Å². The van der Waals surface area contributed by atoms with Crippen LogP contribution in [0.4, 0.5) is 4.79 Å². The van der Waals surface area contributed by atoms with E-state index in [-0.39, 0.29) is 32.0 Å². The summed E-state index contributed by atoms with van der Waals surface area (Å²) < 4.78 is 5.10. The molecule has 0 spiro atoms. The fraction of sp³-hybridized carbons (Fsp3) is 0.357. The molecule has 1 fully saturated rings. The number of hydrogen-bond donors (Lipinski definition) is 1. The Bertz CT molecular complexity index is 591. The molecule has 6 nitrogen and oxygen atoms in total. The minimum absolute atomic E-state index is 0.0145. The normalized spacial score (nSPS) is 14.2. The summed E-state index contributed by atoms with van der Waals surface area (Å²) in [6.45, 7) is 0.312. The van der Waals surface area contributed by atoms with Gasteiger partial charge in [-0.3, -0.25) is 14.5 Å². The molecule has 22 heavy (non-hydrogen) atoms. The standard InChI is InChI=1S/C14H14Cl2N2O4/c15-10-4-3-9(6-11(10)16)8-22-13(20)2-1-5-18-12(19)7-17-14(18)21/h3-4,6H,1-2,5,7-8H2,(H,17,21). The molecule has 1 aromatic carbocycles. The quantitative estimate of drug-likeness (QED) is 0.634. The lowest BCUT2D eigenvalue weighted by atomic mass is 10.2. The lowest BCUT2D eigenvalue weighted by Crippen LogP contribution is -2.32. The molecule has 1 N–H and O–H groups in total. The van der Waals surface area contributed by atoms with Crippen LogP contribution in [0.2, 0.25) is 10.0 Å². The third kappa shape index (κ3) is 4.35. The van der Waals surface area contributed by atoms with E-state index in [1.165, 1.54) is 0 Å². The Morgan fingerprint density at radius 2 is 2.05 bits per heavy atom. The molecule has 0 bridgehead atoms. The number of ether oxygens (including phenoxy) is 1. The minimum Gasteiger partial charge on any atom is -0.461 e. The zero-order chi connectivity index (χ0) is 16.1. The summed E-state index contributed by atoms with van der Waals surface area (Å²) in [7, 11) is 0. The highest BCUT2D eigenvalue weighted by Gasteiger charge is 2.27. The molecule has 1 saturated heterocycles. The second-order valence-electron chi connectivity index (χ2n) is 4.72. The molecule has 118 valence electrons. The van der Waals surface area contributed by atoms with E-state index < -0.39 is 12.0 Å². The van der Waals surface area contributed by atoms with Crippen molar-refractivity contribution in [3.8, 4) is 0 Å². The Kier molecular flexibility index (Phi) is 5.63. The van der Waals surface area contributed by atoms with Gasteiger partial charge in [0.05, 0.1) is 16.6 Å². The van der Waals surface area contributed by atoms with Gasteiger partial charge in [-0.1, -0.05) is 29.3 Å². The van der Waals surface area contributed by atoms with Gasteiger partial charge >= 0.3 is 12.0 Å². The highest BCUT2D eigenvalue weighted by molar-refractivity contribution is 6.42. The first kappa shape index (κ1) is 16.6. The number of rotatable bonds is 6. The average Bonchev–Trinajstić information content (AvgIpc) is 2.80. The number of amides is 3. The largest absolute Gasteiger partial charge is 0.461 e. The van der Waals surface area contributed by atoms with E-state index in [4.69, 9.17) is 27.9 Å². The second kappa shape index (κ2) is 7.47. The molecule has 0 unspecified atom stereocenters. The van der Waals surface area contributed by atoms with Gasteiger partial charge in [0, 0.05) is 13.0 Å². The molecular weight excluding hydrogens is 331 g/mol. The van der Waals surface area contributed by atoms with E-state index in [1.807, 2.05) is 0 Å². The summed E-state index contributed by atoms with van der Waals surface area (Å²) in [5.74, 6) is -0.688. The molecule has 3 amide bonds. The first-order valence-electron chi connectivity index (χ1n) is 6.65. The number of benzene rings is 1. The van der Waals surface area contributed by atoms with Gasteiger partial charge in [-0.2, -0.15) is 0 Å². The van der Waals surface area contributed by atoms with Crippen molar-refractivity contribution in [2.45, 2.75) is 19.4 Å². The number of carbonyl (C=O) groups is 3. The lowest BCUT2D eigenvalue weighted by Gasteiger charge is -2.11. The summed E-state index contributed by atoms with van der Waals surface area (Å²) in [5.41, 5.74) is 0.733. The van der Waals surface area contributed by atoms with Crippen molar-refractivity contribution in [2.75, 3.05) is 13.1 Å². The lowest BCUT2D eigenvalue weighted by molar-refractivity contribution is -0.145. The fourth-order valence-electron chi connectivity index (χ4n) is 1.93. The number of carbonyl (C=O) groups excluding carboxylic acids is 3. The molecule has 0 aliphatic carbocycles. The summed E-state index contributed by atoms with van der Waals surface area (Å²) >= 11 is 11.7. The number of urea groups is 1. The molecule has 2 rings (SSSR count). The molecule has 1 aromatic rings. The SMILES string of the molecule is O=C(CCCN1C(=O)CNC1=O)OCc1ccc(Cl)c(Cl)c1. The predicted octanol–water partition coefficient (Wildman–Crippen LogP) is 2.37. The van der Waals surface area contributed by atoms with Gasteiger partial charge in [-0.05, 0) is 24.1 Å². The van der Waals surface area contributed by atoms with Crippen LogP contribution >= 0.6 is 23.2 Å². The van der Waals surface area contributed by atoms with E-state index in [9.17, 15) is 14.4 Å². The maximum absolute atomic E-state index is 11.6. The average molecular weight is 345 g/mol. The molecule has 0 saturated carbocycles. The van der Waals surface area contributed by atoms with Crippen molar-refractivity contribution in [2.24, 2.45) is 0 Å². The molecule has 0 radical (unpaired) electrons. The molecule has 1 aliphatic rings. The third-order valence-corrected chi connectivity index (χ3v) is 3.82. The Hall–Kier alpha value is -1.79. The number of esters is 1. The molecule has 1 aliphatic heterocycles. The van der Waals surface area contributed by atoms with E-state index in [1.54, 1.807) is 18.2 Å². The highest BCUT2D eigenvalue weighted by atomic mass is 35.5. The molecular formula is C14H14Cl2N2O4. The van der Waals surface area contributed by atoms with Crippen molar-refractivity contribution in [3.63, 3.8) is 0 Å². The van der Waals surface area contributed by atoms with E-state index in [0.717, 1.165) is 10.5 Å². The van der Waals surface area contributed by atoms with Crippen molar-refractivity contribution >= 4 is 41.1 Å². The van der Waals surface area contributed by atoms with Gasteiger partial charge in [0.15, 0.2) is 0 Å². The van der Waals surface area contributed by atoms with Crippen LogP contribution in [-0.4, -0.2) is 35.9 Å². The summed E-state index contributed by atoms with van der Waals surface area (Å²) in [4.78, 5) is 35.3. The van der Waals surface area contributed by atoms with Crippen LogP contribution in [0.3, 0.4) is 0 Å². The van der Waals surface area contributed by atoms with Crippen LogP contribution in [0.25, 0.3) is 0 Å². The molecule has 0 atom stereocenters. The Morgan fingerprint density at radius 1 is 1.27 bits per heavy atom. The van der Waals surface area contributed by atoms with Crippen LogP contribution in [-0.2, 0) is 20.9 Å². The Labute approximate surface area is 137 Å². The molecule has 8 heteroatoms. The monoisotopic (exact) mass is 344 g/mol. The molecule has 1 heterocycles. The van der Waals surface area contributed by atoms with Crippen LogP contribution in [0, 0.1) is 0 Å². The second-order valence-corrected chi connectivity index (χ2v) is 5.53. The summed E-state index contributed by atoms with van der Waals surface area (Å²) in [6, 6.07) is 4.55. The van der Waals surface area contributed by atoms with E-state index in [2.05, 4.69) is 5.32 Å². The number of hydrogen-bond acceptors (Lipinski definition) is 4. The number of nitrogens with zero attached hydrogens (tertiary/aromatic N) is 1. The predicted molar refractivity (Wildman–Crippen MR) is 80.6 cm³/mol. The van der Waals surface area contributed by atoms with Crippen molar-refractivity contribution < 1.29 is 19.1 Å². The van der Waals surface area contributed by atoms with Gasteiger partial charge in [0.25, 0.3) is 0 Å². The zero-order valence-electron chi connectivity index (χ0n) is 11.6. The van der Waals surface area contributed by atoms with Gasteiger partial charge in [-0.15, -0.1) is 0 Å².